The standard InChI is InChI=1S/C20H21FN2O2S/c1-3-18(24)23-17(19(25)22-16-9-7-13(2)8-10-16)12-26-20(23)14-5-4-6-15(21)11-14/h4-11,17,20H,3,12H2,1-2H3,(H,22,25). The summed E-state index contributed by atoms with van der Waals surface area (Å²) < 4.78 is 13.6. The van der Waals surface area contributed by atoms with Gasteiger partial charge < -0.3 is 10.2 Å². The van der Waals surface area contributed by atoms with Crippen LogP contribution in [0.4, 0.5) is 10.1 Å². The molecule has 26 heavy (non-hydrogen) atoms. The number of thioether (sulfide) groups is 1. The molecule has 0 aromatic heterocycles. The molecule has 0 spiro atoms. The molecule has 0 aliphatic carbocycles. The normalized spacial score (nSPS) is 19.4. The van der Waals surface area contributed by atoms with Crippen LogP contribution in [0, 0.1) is 12.7 Å². The van der Waals surface area contributed by atoms with Crippen LogP contribution in [0.25, 0.3) is 0 Å². The third-order valence-corrected chi connectivity index (χ3v) is 5.67. The van der Waals surface area contributed by atoms with Gasteiger partial charge in [-0.15, -0.1) is 11.8 Å². The van der Waals surface area contributed by atoms with Crippen LogP contribution in [0.5, 0.6) is 0 Å². The highest BCUT2D eigenvalue weighted by atomic mass is 32.2. The lowest BCUT2D eigenvalue weighted by molar-refractivity contribution is -0.137. The number of halogens is 1. The zero-order valence-electron chi connectivity index (χ0n) is 14.7. The lowest BCUT2D eigenvalue weighted by Crippen LogP contribution is -2.45. The first-order chi connectivity index (χ1) is 12.5. The molecule has 2 atom stereocenters. The van der Waals surface area contributed by atoms with Crippen molar-refractivity contribution < 1.29 is 14.0 Å². The summed E-state index contributed by atoms with van der Waals surface area (Å²) in [4.78, 5) is 26.9. The van der Waals surface area contributed by atoms with E-state index in [0.29, 0.717) is 23.4 Å². The van der Waals surface area contributed by atoms with Crippen LogP contribution in [0.15, 0.2) is 48.5 Å². The van der Waals surface area contributed by atoms with E-state index in [0.717, 1.165) is 5.56 Å². The Morgan fingerprint density at radius 3 is 2.62 bits per heavy atom. The van der Waals surface area contributed by atoms with Crippen LogP contribution in [0.1, 0.15) is 29.8 Å². The zero-order valence-corrected chi connectivity index (χ0v) is 15.6. The highest BCUT2D eigenvalue weighted by Crippen LogP contribution is 2.42. The van der Waals surface area contributed by atoms with E-state index in [9.17, 15) is 14.0 Å². The van der Waals surface area contributed by atoms with Crippen molar-refractivity contribution in [2.75, 3.05) is 11.1 Å². The van der Waals surface area contributed by atoms with Gasteiger partial charge in [-0.05, 0) is 36.8 Å². The minimum Gasteiger partial charge on any atom is -0.324 e. The SMILES string of the molecule is CCC(=O)N1C(C(=O)Nc2ccc(C)cc2)CSC1c1cccc(F)c1. The summed E-state index contributed by atoms with van der Waals surface area (Å²) in [6, 6.07) is 13.1. The van der Waals surface area contributed by atoms with E-state index in [4.69, 9.17) is 0 Å². The second-order valence-corrected chi connectivity index (χ2v) is 7.38. The number of nitrogens with one attached hydrogen (secondary N) is 1. The van der Waals surface area contributed by atoms with E-state index >= 15 is 0 Å². The molecule has 2 unspecified atom stereocenters. The second-order valence-electron chi connectivity index (χ2n) is 6.27. The number of hydrogen-bond donors (Lipinski definition) is 1. The maximum Gasteiger partial charge on any atom is 0.248 e. The summed E-state index contributed by atoms with van der Waals surface area (Å²) in [6.45, 7) is 3.74. The quantitative estimate of drug-likeness (QED) is 0.878. The number of benzene rings is 2. The number of nitrogens with zero attached hydrogens (tertiary/aromatic N) is 1. The number of rotatable bonds is 4. The van der Waals surface area contributed by atoms with Gasteiger partial charge in [0.05, 0.1) is 0 Å². The molecule has 1 aliphatic heterocycles. The average Bonchev–Trinajstić information content (AvgIpc) is 3.08. The van der Waals surface area contributed by atoms with E-state index in [-0.39, 0.29) is 23.0 Å². The van der Waals surface area contributed by atoms with Gasteiger partial charge in [0.2, 0.25) is 11.8 Å². The molecule has 0 radical (unpaired) electrons. The molecule has 2 amide bonds. The zero-order chi connectivity index (χ0) is 18.7. The van der Waals surface area contributed by atoms with Crippen molar-refractivity contribution in [3.63, 3.8) is 0 Å². The molecule has 136 valence electrons. The molecule has 4 nitrogen and oxygen atoms in total. The van der Waals surface area contributed by atoms with E-state index in [1.54, 1.807) is 24.0 Å². The molecule has 0 saturated carbocycles. The number of aryl methyl sites for hydroxylation is 1. The molecule has 3 rings (SSSR count). The summed E-state index contributed by atoms with van der Waals surface area (Å²) in [7, 11) is 0. The fraction of sp³-hybridized carbons (Fsp3) is 0.300. The lowest BCUT2D eigenvalue weighted by Gasteiger charge is -2.28. The van der Waals surface area contributed by atoms with Crippen molar-refractivity contribution in [3.8, 4) is 0 Å². The Morgan fingerprint density at radius 1 is 1.23 bits per heavy atom. The average molecular weight is 372 g/mol. The van der Waals surface area contributed by atoms with Crippen LogP contribution in [0.3, 0.4) is 0 Å². The molecule has 1 heterocycles. The van der Waals surface area contributed by atoms with Gasteiger partial charge in [0.1, 0.15) is 17.2 Å². The molecule has 1 aliphatic rings. The summed E-state index contributed by atoms with van der Waals surface area (Å²) in [5, 5.41) is 2.53. The van der Waals surface area contributed by atoms with Crippen molar-refractivity contribution in [1.82, 2.24) is 4.90 Å². The van der Waals surface area contributed by atoms with Crippen molar-refractivity contribution in [1.29, 1.82) is 0 Å². The highest BCUT2D eigenvalue weighted by Gasteiger charge is 2.41. The molecular weight excluding hydrogens is 351 g/mol. The van der Waals surface area contributed by atoms with Crippen molar-refractivity contribution >= 4 is 29.3 Å². The highest BCUT2D eigenvalue weighted by molar-refractivity contribution is 7.99. The maximum absolute atomic E-state index is 13.6. The van der Waals surface area contributed by atoms with Crippen LogP contribution < -0.4 is 5.32 Å². The minimum atomic E-state index is -0.581. The first-order valence-electron chi connectivity index (χ1n) is 8.55. The van der Waals surface area contributed by atoms with Gasteiger partial charge in [-0.1, -0.05) is 36.8 Å². The molecular formula is C20H21FN2O2S. The summed E-state index contributed by atoms with van der Waals surface area (Å²) >= 11 is 1.48. The number of hydrogen-bond acceptors (Lipinski definition) is 3. The van der Waals surface area contributed by atoms with Crippen LogP contribution in [-0.4, -0.2) is 28.5 Å². The largest absolute Gasteiger partial charge is 0.324 e. The van der Waals surface area contributed by atoms with Crippen LogP contribution in [0.2, 0.25) is 0 Å². The predicted octanol–water partition coefficient (Wildman–Crippen LogP) is 4.13. The Bertz CT molecular complexity index is 810. The van der Waals surface area contributed by atoms with Gasteiger partial charge in [-0.25, -0.2) is 4.39 Å². The number of carbonyl (C=O) groups is 2. The van der Waals surface area contributed by atoms with E-state index in [1.165, 1.54) is 23.9 Å². The van der Waals surface area contributed by atoms with Gasteiger partial charge in [0.15, 0.2) is 0 Å². The summed E-state index contributed by atoms with van der Waals surface area (Å²) in [5.74, 6) is -0.208. The van der Waals surface area contributed by atoms with Gasteiger partial charge >= 0.3 is 0 Å². The fourth-order valence-electron chi connectivity index (χ4n) is 2.97. The molecule has 2 aromatic rings. The fourth-order valence-corrected chi connectivity index (χ4v) is 4.42. The van der Waals surface area contributed by atoms with E-state index < -0.39 is 6.04 Å². The Morgan fingerprint density at radius 2 is 1.96 bits per heavy atom. The summed E-state index contributed by atoms with van der Waals surface area (Å²) in [6.07, 6.45) is 0.292. The molecule has 1 saturated heterocycles. The monoisotopic (exact) mass is 372 g/mol. The Kier molecular flexibility index (Phi) is 5.61. The van der Waals surface area contributed by atoms with Crippen molar-refractivity contribution in [2.45, 2.75) is 31.7 Å². The molecule has 0 bridgehead atoms. The van der Waals surface area contributed by atoms with Crippen molar-refractivity contribution in [2.24, 2.45) is 0 Å². The first-order valence-corrected chi connectivity index (χ1v) is 9.60. The predicted molar refractivity (Wildman–Crippen MR) is 102 cm³/mol. The van der Waals surface area contributed by atoms with Gasteiger partial charge in [-0.3, -0.25) is 9.59 Å². The number of amides is 2. The number of carbonyl (C=O) groups excluding carboxylic acids is 2. The number of anilines is 1. The van der Waals surface area contributed by atoms with Crippen LogP contribution >= 0.6 is 11.8 Å². The molecule has 1 fully saturated rings. The smallest absolute Gasteiger partial charge is 0.248 e. The van der Waals surface area contributed by atoms with E-state index in [1.807, 2.05) is 31.2 Å². The Hall–Kier alpha value is -2.34. The van der Waals surface area contributed by atoms with Gasteiger partial charge in [0.25, 0.3) is 0 Å². The third-order valence-electron chi connectivity index (χ3n) is 4.35. The van der Waals surface area contributed by atoms with Crippen LogP contribution in [-0.2, 0) is 9.59 Å². The first kappa shape index (κ1) is 18.5. The van der Waals surface area contributed by atoms with Gasteiger partial charge in [-0.2, -0.15) is 0 Å². The molecule has 6 heteroatoms. The van der Waals surface area contributed by atoms with Gasteiger partial charge in [0, 0.05) is 17.9 Å². The third kappa shape index (κ3) is 3.90. The summed E-state index contributed by atoms with van der Waals surface area (Å²) in [5.41, 5.74) is 2.50. The van der Waals surface area contributed by atoms with E-state index in [2.05, 4.69) is 5.32 Å². The molecule has 2 aromatic carbocycles. The maximum atomic E-state index is 13.6. The minimum absolute atomic E-state index is 0.117. The Labute approximate surface area is 156 Å². The lowest BCUT2D eigenvalue weighted by atomic mass is 10.1. The van der Waals surface area contributed by atoms with Crippen molar-refractivity contribution in [3.05, 3.63) is 65.5 Å². The second kappa shape index (κ2) is 7.91. The topological polar surface area (TPSA) is 49.4 Å². The Balaban J connectivity index is 1.83. The molecule has 1 N–H and O–H groups in total.